The Hall–Kier alpha value is -2.06. The third kappa shape index (κ3) is 3.64. The molecular formula is C22H23ClO2. The van der Waals surface area contributed by atoms with Crippen LogP contribution in [0.2, 0.25) is 5.02 Å². The Labute approximate surface area is 154 Å². The van der Waals surface area contributed by atoms with Crippen molar-refractivity contribution in [2.45, 2.75) is 33.1 Å². The molecule has 3 heteroatoms. The van der Waals surface area contributed by atoms with Crippen LogP contribution in [0.25, 0.3) is 5.57 Å². The second-order valence-corrected chi connectivity index (χ2v) is 7.21. The Kier molecular flexibility index (Phi) is 5.29. The maximum atomic E-state index is 13.2. The first-order chi connectivity index (χ1) is 12.0. The van der Waals surface area contributed by atoms with Gasteiger partial charge in [0, 0.05) is 10.6 Å². The van der Waals surface area contributed by atoms with Crippen LogP contribution in [0.3, 0.4) is 0 Å². The number of ketones is 1. The Morgan fingerprint density at radius 2 is 2.00 bits per heavy atom. The quantitative estimate of drug-likeness (QED) is 0.659. The molecule has 1 aliphatic rings. The van der Waals surface area contributed by atoms with Crippen molar-refractivity contribution in [3.8, 4) is 5.75 Å². The van der Waals surface area contributed by atoms with Crippen molar-refractivity contribution in [2.24, 2.45) is 5.92 Å². The van der Waals surface area contributed by atoms with Gasteiger partial charge in [-0.25, -0.2) is 0 Å². The summed E-state index contributed by atoms with van der Waals surface area (Å²) >= 11 is 6.09. The van der Waals surface area contributed by atoms with Gasteiger partial charge in [-0.15, -0.1) is 0 Å². The zero-order valence-electron chi connectivity index (χ0n) is 14.9. The number of halogens is 1. The van der Waals surface area contributed by atoms with E-state index in [-0.39, 0.29) is 11.7 Å². The van der Waals surface area contributed by atoms with Gasteiger partial charge in [0.15, 0.2) is 5.78 Å². The molecule has 0 saturated carbocycles. The zero-order chi connectivity index (χ0) is 18.0. The van der Waals surface area contributed by atoms with E-state index in [1.165, 1.54) is 5.56 Å². The molecule has 2 aromatic rings. The Bertz CT molecular complexity index is 821. The van der Waals surface area contributed by atoms with Gasteiger partial charge in [-0.05, 0) is 54.2 Å². The molecule has 1 aliphatic heterocycles. The van der Waals surface area contributed by atoms with Gasteiger partial charge in [0.25, 0.3) is 0 Å². The van der Waals surface area contributed by atoms with Crippen molar-refractivity contribution in [3.63, 3.8) is 0 Å². The summed E-state index contributed by atoms with van der Waals surface area (Å²) < 4.78 is 5.81. The average molecular weight is 355 g/mol. The number of hydrogen-bond acceptors (Lipinski definition) is 2. The van der Waals surface area contributed by atoms with E-state index in [2.05, 4.69) is 19.9 Å². The summed E-state index contributed by atoms with van der Waals surface area (Å²) in [6.45, 7) is 6.64. The molecule has 130 valence electrons. The number of benzene rings is 2. The number of Topliss-reactive ketones (excluding diaryl/α,β-unsaturated/α-hetero) is 1. The number of fused-ring (bicyclic) bond motifs is 1. The summed E-state index contributed by atoms with van der Waals surface area (Å²) in [5.74, 6) is 1.15. The lowest BCUT2D eigenvalue weighted by atomic mass is 9.84. The lowest BCUT2D eigenvalue weighted by molar-refractivity contribution is -0.118. The molecule has 1 heterocycles. The van der Waals surface area contributed by atoms with Crippen LogP contribution in [0.15, 0.2) is 48.5 Å². The molecular weight excluding hydrogens is 332 g/mol. The number of allylic oxidation sites excluding steroid dienone is 2. The van der Waals surface area contributed by atoms with E-state index < -0.39 is 0 Å². The van der Waals surface area contributed by atoms with Crippen molar-refractivity contribution in [3.05, 3.63) is 70.3 Å². The minimum Gasteiger partial charge on any atom is -0.493 e. The van der Waals surface area contributed by atoms with Crippen molar-refractivity contribution in [2.75, 3.05) is 6.61 Å². The van der Waals surface area contributed by atoms with Crippen molar-refractivity contribution in [1.82, 2.24) is 0 Å². The van der Waals surface area contributed by atoms with E-state index in [9.17, 15) is 4.79 Å². The van der Waals surface area contributed by atoms with Crippen molar-refractivity contribution < 1.29 is 9.53 Å². The number of hydrogen-bond donors (Lipinski definition) is 0. The van der Waals surface area contributed by atoms with Crippen molar-refractivity contribution in [1.29, 1.82) is 0 Å². The fourth-order valence-corrected chi connectivity index (χ4v) is 3.62. The molecule has 0 bridgehead atoms. The fraction of sp³-hybridized carbons (Fsp3) is 0.318. The number of ether oxygens (including phenoxy) is 1. The molecule has 0 aromatic heterocycles. The SMILES string of the molecule is C/C=C(/C(=O)C1COc2ccc(Cl)cc2C1)c1ccccc1C(C)C. The van der Waals surface area contributed by atoms with Crippen molar-refractivity contribution >= 4 is 23.0 Å². The summed E-state index contributed by atoms with van der Waals surface area (Å²) in [7, 11) is 0. The molecule has 0 N–H and O–H groups in total. The smallest absolute Gasteiger partial charge is 0.169 e. The topological polar surface area (TPSA) is 26.3 Å². The first kappa shape index (κ1) is 17.8. The standard InChI is InChI=1S/C22H23ClO2/c1-4-18(20-8-6-5-7-19(20)14(2)3)22(24)16-11-15-12-17(23)9-10-21(15)25-13-16/h4-10,12,14,16H,11,13H2,1-3H3/b18-4+. The largest absolute Gasteiger partial charge is 0.493 e. The van der Waals surface area contributed by atoms with E-state index in [0.717, 1.165) is 22.4 Å². The number of carbonyl (C=O) groups is 1. The monoisotopic (exact) mass is 354 g/mol. The van der Waals surface area contributed by atoms with Crippen LogP contribution in [-0.4, -0.2) is 12.4 Å². The minimum atomic E-state index is -0.183. The molecule has 1 atom stereocenters. The molecule has 1 unspecified atom stereocenters. The highest BCUT2D eigenvalue weighted by atomic mass is 35.5. The third-order valence-corrected chi connectivity index (χ3v) is 4.96. The van der Waals surface area contributed by atoms with Crippen LogP contribution in [0.1, 0.15) is 43.4 Å². The molecule has 0 aliphatic carbocycles. The lowest BCUT2D eigenvalue weighted by Crippen LogP contribution is -2.29. The summed E-state index contributed by atoms with van der Waals surface area (Å²) in [5.41, 5.74) is 4.01. The summed E-state index contributed by atoms with van der Waals surface area (Å²) in [6.07, 6.45) is 2.59. The van der Waals surface area contributed by atoms with Gasteiger partial charge in [-0.3, -0.25) is 4.79 Å². The molecule has 2 aromatic carbocycles. The zero-order valence-corrected chi connectivity index (χ0v) is 15.6. The normalized spacial score (nSPS) is 17.2. The van der Waals surface area contributed by atoms with Gasteiger partial charge in [0.05, 0.1) is 12.5 Å². The van der Waals surface area contributed by atoms with Crippen LogP contribution in [-0.2, 0) is 11.2 Å². The highest BCUT2D eigenvalue weighted by Crippen LogP contribution is 2.34. The Morgan fingerprint density at radius 1 is 1.24 bits per heavy atom. The second-order valence-electron chi connectivity index (χ2n) is 6.77. The number of carbonyl (C=O) groups excluding carboxylic acids is 1. The van der Waals surface area contributed by atoms with E-state index in [4.69, 9.17) is 16.3 Å². The maximum Gasteiger partial charge on any atom is 0.169 e. The first-order valence-corrected chi connectivity index (χ1v) is 9.10. The molecule has 0 spiro atoms. The van der Waals surface area contributed by atoms with E-state index in [0.29, 0.717) is 24.0 Å². The fourth-order valence-electron chi connectivity index (χ4n) is 3.43. The second kappa shape index (κ2) is 7.45. The minimum absolute atomic E-state index is 0.140. The van der Waals surface area contributed by atoms with E-state index in [1.54, 1.807) is 0 Å². The van der Waals surface area contributed by atoms with E-state index in [1.807, 2.05) is 49.4 Å². The summed E-state index contributed by atoms with van der Waals surface area (Å²) in [5, 5.41) is 0.673. The number of rotatable bonds is 4. The first-order valence-electron chi connectivity index (χ1n) is 8.72. The highest BCUT2D eigenvalue weighted by Gasteiger charge is 2.29. The van der Waals surface area contributed by atoms with Gasteiger partial charge in [-0.1, -0.05) is 55.8 Å². The highest BCUT2D eigenvalue weighted by molar-refractivity contribution is 6.30. The third-order valence-electron chi connectivity index (χ3n) is 4.73. The molecule has 0 saturated heterocycles. The van der Waals surface area contributed by atoms with Crippen LogP contribution < -0.4 is 4.74 Å². The average Bonchev–Trinajstić information content (AvgIpc) is 2.61. The van der Waals surface area contributed by atoms with Gasteiger partial charge >= 0.3 is 0 Å². The predicted octanol–water partition coefficient (Wildman–Crippen LogP) is 5.69. The molecule has 0 radical (unpaired) electrons. The predicted molar refractivity (Wildman–Crippen MR) is 103 cm³/mol. The summed E-state index contributed by atoms with van der Waals surface area (Å²) in [4.78, 5) is 13.2. The molecule has 2 nitrogen and oxygen atoms in total. The van der Waals surface area contributed by atoms with Gasteiger partial charge in [0.2, 0.25) is 0 Å². The van der Waals surface area contributed by atoms with Gasteiger partial charge in [0.1, 0.15) is 5.75 Å². The van der Waals surface area contributed by atoms with Gasteiger partial charge in [-0.2, -0.15) is 0 Å². The Balaban J connectivity index is 1.90. The summed E-state index contributed by atoms with van der Waals surface area (Å²) in [6, 6.07) is 13.7. The molecule has 0 fully saturated rings. The van der Waals surface area contributed by atoms with Gasteiger partial charge < -0.3 is 4.74 Å². The molecule has 3 rings (SSSR count). The maximum absolute atomic E-state index is 13.2. The molecule has 0 amide bonds. The van der Waals surface area contributed by atoms with Crippen LogP contribution in [0, 0.1) is 5.92 Å². The van der Waals surface area contributed by atoms with Crippen LogP contribution in [0.5, 0.6) is 5.75 Å². The van der Waals surface area contributed by atoms with Crippen LogP contribution >= 0.6 is 11.6 Å². The van der Waals surface area contributed by atoms with Crippen LogP contribution in [0.4, 0.5) is 0 Å². The lowest BCUT2D eigenvalue weighted by Gasteiger charge is -2.26. The molecule has 25 heavy (non-hydrogen) atoms. The Morgan fingerprint density at radius 3 is 2.72 bits per heavy atom. The van der Waals surface area contributed by atoms with E-state index >= 15 is 0 Å².